The number of carbonyl (C=O) groups excluding carboxylic acids is 1. The molecule has 3 aromatic carbocycles. The molecular weight excluding hydrogens is 412 g/mol. The number of amides is 1. The smallest absolute Gasteiger partial charge is 0.262 e. The zero-order valence-corrected chi connectivity index (χ0v) is 18.6. The summed E-state index contributed by atoms with van der Waals surface area (Å²) in [6.45, 7) is 4.10. The third-order valence-corrected chi connectivity index (χ3v) is 6.41. The maximum absolute atomic E-state index is 12.7. The van der Waals surface area contributed by atoms with Crippen LogP contribution in [0.1, 0.15) is 27.0 Å². The first-order valence-electron chi connectivity index (χ1n) is 9.90. The average Bonchev–Trinajstić information content (AvgIpc) is 2.76. The highest BCUT2D eigenvalue weighted by atomic mass is 32.2. The van der Waals surface area contributed by atoms with Gasteiger partial charge in [-0.05, 0) is 79.4 Å². The predicted octanol–water partition coefficient (Wildman–Crippen LogP) is 4.09. The lowest BCUT2D eigenvalue weighted by Crippen LogP contribution is -2.25. The van der Waals surface area contributed by atoms with Crippen LogP contribution < -0.4 is 14.8 Å². The molecule has 0 aliphatic rings. The molecule has 0 aliphatic carbocycles. The second-order valence-corrected chi connectivity index (χ2v) is 8.96. The normalized spacial score (nSPS) is 11.1. The molecule has 0 fully saturated rings. The number of ether oxygens (including phenoxy) is 1. The third-order valence-electron chi connectivity index (χ3n) is 4.89. The number of methoxy groups -OCH3 is 1. The van der Waals surface area contributed by atoms with Gasteiger partial charge in [-0.2, -0.15) is 0 Å². The van der Waals surface area contributed by atoms with E-state index in [9.17, 15) is 13.2 Å². The minimum atomic E-state index is -3.71. The van der Waals surface area contributed by atoms with Gasteiger partial charge in [-0.1, -0.05) is 24.3 Å². The number of aryl methyl sites for hydroxylation is 2. The van der Waals surface area contributed by atoms with Gasteiger partial charge in [0.25, 0.3) is 15.9 Å². The number of benzene rings is 3. The van der Waals surface area contributed by atoms with E-state index >= 15 is 0 Å². The molecule has 0 heterocycles. The summed E-state index contributed by atoms with van der Waals surface area (Å²) in [5, 5.41) is 2.87. The molecule has 3 aromatic rings. The summed E-state index contributed by atoms with van der Waals surface area (Å²) >= 11 is 0. The summed E-state index contributed by atoms with van der Waals surface area (Å²) in [6, 6.07) is 19.4. The molecular formula is C24H26N2O4S. The number of anilines is 1. The molecule has 7 heteroatoms. The van der Waals surface area contributed by atoms with Crippen LogP contribution in [0.15, 0.2) is 71.6 Å². The maximum Gasteiger partial charge on any atom is 0.262 e. The highest BCUT2D eigenvalue weighted by Gasteiger charge is 2.17. The van der Waals surface area contributed by atoms with E-state index in [4.69, 9.17) is 4.74 Å². The zero-order chi connectivity index (χ0) is 22.4. The van der Waals surface area contributed by atoms with Crippen LogP contribution in [0.5, 0.6) is 5.75 Å². The third kappa shape index (κ3) is 5.86. The summed E-state index contributed by atoms with van der Waals surface area (Å²) in [7, 11) is -2.09. The minimum Gasteiger partial charge on any atom is -0.497 e. The molecule has 1 amide bonds. The number of nitrogens with one attached hydrogen (secondary N) is 2. The molecule has 31 heavy (non-hydrogen) atoms. The molecule has 0 aliphatic heterocycles. The van der Waals surface area contributed by atoms with Crippen molar-refractivity contribution < 1.29 is 17.9 Å². The highest BCUT2D eigenvalue weighted by Crippen LogP contribution is 2.21. The largest absolute Gasteiger partial charge is 0.497 e. The van der Waals surface area contributed by atoms with Crippen LogP contribution in [0.2, 0.25) is 0 Å². The van der Waals surface area contributed by atoms with E-state index < -0.39 is 10.0 Å². The molecule has 6 nitrogen and oxygen atoms in total. The van der Waals surface area contributed by atoms with E-state index in [1.807, 2.05) is 37.3 Å². The van der Waals surface area contributed by atoms with Crippen LogP contribution in [-0.4, -0.2) is 28.0 Å². The lowest BCUT2D eigenvalue weighted by Gasteiger charge is -2.12. The standard InChI is InChI=1S/C24H26N2O4S/c1-17-4-5-18(2)23(16-17)31(28,29)26-21-10-8-20(9-11-21)24(27)25-15-14-19-6-12-22(30-3)13-7-19/h4-13,16,26H,14-15H2,1-3H3,(H,25,27). The second-order valence-electron chi connectivity index (χ2n) is 7.31. The van der Waals surface area contributed by atoms with Crippen LogP contribution in [0.3, 0.4) is 0 Å². The van der Waals surface area contributed by atoms with Crippen molar-refractivity contribution >= 4 is 21.6 Å². The summed E-state index contributed by atoms with van der Waals surface area (Å²) < 4.78 is 33.1. The van der Waals surface area contributed by atoms with Crippen molar-refractivity contribution in [3.05, 3.63) is 89.0 Å². The molecule has 162 valence electrons. The van der Waals surface area contributed by atoms with Crippen LogP contribution in [0, 0.1) is 13.8 Å². The Labute approximate surface area is 183 Å². The molecule has 0 atom stereocenters. The molecule has 0 aromatic heterocycles. The maximum atomic E-state index is 12.7. The Morgan fingerprint density at radius 2 is 1.61 bits per heavy atom. The molecule has 2 N–H and O–H groups in total. The zero-order valence-electron chi connectivity index (χ0n) is 17.8. The first-order chi connectivity index (χ1) is 14.8. The first-order valence-corrected chi connectivity index (χ1v) is 11.4. The Bertz CT molecular complexity index is 1160. The van der Waals surface area contributed by atoms with Gasteiger partial charge in [-0.25, -0.2) is 8.42 Å². The molecule has 0 unspecified atom stereocenters. The van der Waals surface area contributed by atoms with Crippen molar-refractivity contribution in [2.75, 3.05) is 18.4 Å². The van der Waals surface area contributed by atoms with Gasteiger partial charge in [-0.15, -0.1) is 0 Å². The fourth-order valence-electron chi connectivity index (χ4n) is 3.11. The van der Waals surface area contributed by atoms with Gasteiger partial charge in [-0.3, -0.25) is 9.52 Å². The SMILES string of the molecule is COc1ccc(CCNC(=O)c2ccc(NS(=O)(=O)c3cc(C)ccc3C)cc2)cc1. The Hall–Kier alpha value is -3.32. The van der Waals surface area contributed by atoms with Crippen molar-refractivity contribution in [1.82, 2.24) is 5.32 Å². The first kappa shape index (κ1) is 22.4. The Kier molecular flexibility index (Phi) is 6.97. The van der Waals surface area contributed by atoms with E-state index in [0.717, 1.165) is 16.9 Å². The number of carbonyl (C=O) groups is 1. The second kappa shape index (κ2) is 9.66. The van der Waals surface area contributed by atoms with Gasteiger partial charge < -0.3 is 10.1 Å². The highest BCUT2D eigenvalue weighted by molar-refractivity contribution is 7.92. The molecule has 0 saturated heterocycles. The number of hydrogen-bond acceptors (Lipinski definition) is 4. The van der Waals surface area contributed by atoms with E-state index in [1.54, 1.807) is 50.4 Å². The van der Waals surface area contributed by atoms with E-state index in [-0.39, 0.29) is 10.8 Å². The predicted molar refractivity (Wildman–Crippen MR) is 122 cm³/mol. The number of hydrogen-bond donors (Lipinski definition) is 2. The van der Waals surface area contributed by atoms with E-state index in [1.165, 1.54) is 0 Å². The van der Waals surface area contributed by atoms with Crippen molar-refractivity contribution in [3.8, 4) is 5.75 Å². The molecule has 0 bridgehead atoms. The molecule has 0 spiro atoms. The van der Waals surface area contributed by atoms with Crippen LogP contribution >= 0.6 is 0 Å². The Morgan fingerprint density at radius 3 is 2.26 bits per heavy atom. The Morgan fingerprint density at radius 1 is 0.935 bits per heavy atom. The van der Waals surface area contributed by atoms with Crippen LogP contribution in [-0.2, 0) is 16.4 Å². The van der Waals surface area contributed by atoms with Crippen molar-refractivity contribution in [1.29, 1.82) is 0 Å². The fraction of sp³-hybridized carbons (Fsp3) is 0.208. The summed E-state index contributed by atoms with van der Waals surface area (Å²) in [6.07, 6.45) is 0.698. The monoisotopic (exact) mass is 438 g/mol. The average molecular weight is 439 g/mol. The lowest BCUT2D eigenvalue weighted by atomic mass is 10.1. The van der Waals surface area contributed by atoms with Gasteiger partial charge in [0.2, 0.25) is 0 Å². The van der Waals surface area contributed by atoms with Crippen LogP contribution in [0.25, 0.3) is 0 Å². The fourth-order valence-corrected chi connectivity index (χ4v) is 4.50. The number of sulfonamides is 1. The van der Waals surface area contributed by atoms with Gasteiger partial charge in [0.1, 0.15) is 5.75 Å². The molecule has 3 rings (SSSR count). The van der Waals surface area contributed by atoms with Crippen LogP contribution in [0.4, 0.5) is 5.69 Å². The van der Waals surface area contributed by atoms with Gasteiger partial charge in [0, 0.05) is 17.8 Å². The molecule has 0 radical (unpaired) electrons. The summed E-state index contributed by atoms with van der Waals surface area (Å²) in [4.78, 5) is 12.6. The van der Waals surface area contributed by atoms with Crippen molar-refractivity contribution in [2.24, 2.45) is 0 Å². The van der Waals surface area contributed by atoms with Gasteiger partial charge in [0.05, 0.1) is 12.0 Å². The number of rotatable bonds is 8. The topological polar surface area (TPSA) is 84.5 Å². The van der Waals surface area contributed by atoms with E-state index in [2.05, 4.69) is 10.0 Å². The van der Waals surface area contributed by atoms with Gasteiger partial charge >= 0.3 is 0 Å². The Balaban J connectivity index is 1.58. The minimum absolute atomic E-state index is 0.211. The summed E-state index contributed by atoms with van der Waals surface area (Å²) in [5.41, 5.74) is 3.50. The quantitative estimate of drug-likeness (QED) is 0.555. The molecule has 0 saturated carbocycles. The van der Waals surface area contributed by atoms with Crippen molar-refractivity contribution in [3.63, 3.8) is 0 Å². The van der Waals surface area contributed by atoms with E-state index in [0.29, 0.717) is 29.8 Å². The van der Waals surface area contributed by atoms with Gasteiger partial charge in [0.15, 0.2) is 0 Å². The summed E-state index contributed by atoms with van der Waals surface area (Å²) in [5.74, 6) is 0.582. The van der Waals surface area contributed by atoms with Crippen molar-refractivity contribution in [2.45, 2.75) is 25.2 Å². The lowest BCUT2D eigenvalue weighted by molar-refractivity contribution is 0.0954.